The number of nitrogens with zero attached hydrogens (tertiary/aromatic N) is 1. The van der Waals surface area contributed by atoms with E-state index in [0.29, 0.717) is 13.0 Å². The van der Waals surface area contributed by atoms with Crippen molar-refractivity contribution in [3.63, 3.8) is 0 Å². The molecule has 120 valence electrons. The van der Waals surface area contributed by atoms with E-state index in [1.165, 1.54) is 18.2 Å². The van der Waals surface area contributed by atoms with Gasteiger partial charge in [-0.05, 0) is 36.2 Å². The Kier molecular flexibility index (Phi) is 4.67. The Morgan fingerprint density at radius 3 is 2.30 bits per heavy atom. The zero-order chi connectivity index (χ0) is 16.2. The van der Waals surface area contributed by atoms with Crippen LogP contribution in [0.5, 0.6) is 0 Å². The molecule has 3 nitrogen and oxygen atoms in total. The van der Waals surface area contributed by atoms with Gasteiger partial charge in [-0.25, -0.2) is 8.78 Å². The number of carbonyl (C=O) groups is 1. The highest BCUT2D eigenvalue weighted by atomic mass is 19.1. The van der Waals surface area contributed by atoms with Gasteiger partial charge >= 0.3 is 0 Å². The van der Waals surface area contributed by atoms with E-state index in [-0.39, 0.29) is 18.0 Å². The maximum absolute atomic E-state index is 13.5. The van der Waals surface area contributed by atoms with Gasteiger partial charge in [0.25, 0.3) is 0 Å². The first-order chi connectivity index (χ1) is 11.1. The lowest BCUT2D eigenvalue weighted by molar-refractivity contribution is -0.117. The number of rotatable bonds is 5. The van der Waals surface area contributed by atoms with Crippen LogP contribution in [0.25, 0.3) is 0 Å². The van der Waals surface area contributed by atoms with Gasteiger partial charge in [0, 0.05) is 37.3 Å². The average Bonchev–Trinajstić information content (AvgIpc) is 2.97. The Morgan fingerprint density at radius 2 is 1.70 bits per heavy atom. The fourth-order valence-electron chi connectivity index (χ4n) is 2.75. The van der Waals surface area contributed by atoms with Gasteiger partial charge in [0.15, 0.2) is 0 Å². The van der Waals surface area contributed by atoms with E-state index in [4.69, 9.17) is 0 Å². The van der Waals surface area contributed by atoms with Gasteiger partial charge in [-0.15, -0.1) is 0 Å². The molecule has 1 N–H and O–H groups in total. The molecular weight excluding hydrogens is 298 g/mol. The first kappa shape index (κ1) is 15.6. The molecule has 0 aliphatic carbocycles. The van der Waals surface area contributed by atoms with Crippen molar-refractivity contribution in [2.45, 2.75) is 25.9 Å². The standard InChI is InChI=1S/C18H18F2N2O/c19-16-3-1-4-17(20)15(16)12-21-11-13-6-8-14(9-7-13)22-10-2-5-18(22)23/h1,3-4,6-9,21H,2,5,10-12H2. The van der Waals surface area contributed by atoms with Crippen LogP contribution in [0.1, 0.15) is 24.0 Å². The molecule has 2 aromatic rings. The summed E-state index contributed by atoms with van der Waals surface area (Å²) in [6, 6.07) is 11.5. The average molecular weight is 316 g/mol. The van der Waals surface area contributed by atoms with Crippen LogP contribution in [-0.2, 0) is 17.9 Å². The summed E-state index contributed by atoms with van der Waals surface area (Å²) >= 11 is 0. The number of nitrogens with one attached hydrogen (secondary N) is 1. The van der Waals surface area contributed by atoms with E-state index >= 15 is 0 Å². The minimum Gasteiger partial charge on any atom is -0.312 e. The number of anilines is 1. The highest BCUT2D eigenvalue weighted by Crippen LogP contribution is 2.21. The van der Waals surface area contributed by atoms with Crippen LogP contribution in [-0.4, -0.2) is 12.5 Å². The molecule has 0 unspecified atom stereocenters. The van der Waals surface area contributed by atoms with Crippen LogP contribution >= 0.6 is 0 Å². The number of hydrogen-bond acceptors (Lipinski definition) is 2. The first-order valence-corrected chi connectivity index (χ1v) is 7.68. The van der Waals surface area contributed by atoms with Crippen molar-refractivity contribution in [1.29, 1.82) is 0 Å². The number of hydrogen-bond donors (Lipinski definition) is 1. The smallest absolute Gasteiger partial charge is 0.227 e. The van der Waals surface area contributed by atoms with Crippen molar-refractivity contribution >= 4 is 11.6 Å². The topological polar surface area (TPSA) is 32.3 Å². The summed E-state index contributed by atoms with van der Waals surface area (Å²) in [6.07, 6.45) is 1.51. The molecule has 1 amide bonds. The van der Waals surface area contributed by atoms with Gasteiger partial charge in [-0.2, -0.15) is 0 Å². The second-order valence-electron chi connectivity index (χ2n) is 5.62. The summed E-state index contributed by atoms with van der Waals surface area (Å²) in [5.41, 5.74) is 1.94. The largest absolute Gasteiger partial charge is 0.312 e. The van der Waals surface area contributed by atoms with Crippen molar-refractivity contribution in [3.8, 4) is 0 Å². The maximum Gasteiger partial charge on any atom is 0.227 e. The zero-order valence-corrected chi connectivity index (χ0v) is 12.7. The molecule has 1 heterocycles. The first-order valence-electron chi connectivity index (χ1n) is 7.68. The lowest BCUT2D eigenvalue weighted by Crippen LogP contribution is -2.23. The van der Waals surface area contributed by atoms with E-state index in [9.17, 15) is 13.6 Å². The molecule has 1 aliphatic heterocycles. The number of amides is 1. The molecule has 1 saturated heterocycles. The quantitative estimate of drug-likeness (QED) is 0.917. The van der Waals surface area contributed by atoms with Crippen LogP contribution in [0.15, 0.2) is 42.5 Å². The van der Waals surface area contributed by atoms with Crippen molar-refractivity contribution in [2.75, 3.05) is 11.4 Å². The van der Waals surface area contributed by atoms with Crippen molar-refractivity contribution < 1.29 is 13.6 Å². The van der Waals surface area contributed by atoms with E-state index in [0.717, 1.165) is 24.2 Å². The van der Waals surface area contributed by atoms with Gasteiger partial charge in [0.2, 0.25) is 5.91 Å². The van der Waals surface area contributed by atoms with Crippen LogP contribution in [0.2, 0.25) is 0 Å². The monoisotopic (exact) mass is 316 g/mol. The SMILES string of the molecule is O=C1CCCN1c1ccc(CNCc2c(F)cccc2F)cc1. The Hall–Kier alpha value is -2.27. The van der Waals surface area contributed by atoms with Gasteiger partial charge < -0.3 is 10.2 Å². The highest BCUT2D eigenvalue weighted by Gasteiger charge is 2.21. The summed E-state index contributed by atoms with van der Waals surface area (Å²) in [7, 11) is 0. The third-order valence-corrected chi connectivity index (χ3v) is 4.01. The normalized spacial score (nSPS) is 14.5. The lowest BCUT2D eigenvalue weighted by Gasteiger charge is -2.16. The Bertz CT molecular complexity index is 680. The third-order valence-electron chi connectivity index (χ3n) is 4.01. The van der Waals surface area contributed by atoms with Crippen LogP contribution < -0.4 is 10.2 Å². The minimum atomic E-state index is -0.541. The molecule has 5 heteroatoms. The molecule has 0 saturated carbocycles. The highest BCUT2D eigenvalue weighted by molar-refractivity contribution is 5.95. The molecule has 1 aliphatic rings. The molecule has 1 fully saturated rings. The lowest BCUT2D eigenvalue weighted by atomic mass is 10.1. The van der Waals surface area contributed by atoms with Gasteiger partial charge in [-0.1, -0.05) is 18.2 Å². The molecule has 0 aromatic heterocycles. The van der Waals surface area contributed by atoms with Crippen molar-refractivity contribution in [2.24, 2.45) is 0 Å². The summed E-state index contributed by atoms with van der Waals surface area (Å²) < 4.78 is 27.0. The van der Waals surface area contributed by atoms with Gasteiger partial charge in [0.1, 0.15) is 11.6 Å². The summed E-state index contributed by atoms with van der Waals surface area (Å²) in [4.78, 5) is 13.5. The van der Waals surface area contributed by atoms with Gasteiger partial charge in [-0.3, -0.25) is 4.79 Å². The third kappa shape index (κ3) is 3.56. The van der Waals surface area contributed by atoms with E-state index in [1.54, 1.807) is 4.90 Å². The van der Waals surface area contributed by atoms with E-state index in [2.05, 4.69) is 5.32 Å². The fourth-order valence-corrected chi connectivity index (χ4v) is 2.75. The maximum atomic E-state index is 13.5. The van der Waals surface area contributed by atoms with Crippen LogP contribution in [0, 0.1) is 11.6 Å². The molecule has 23 heavy (non-hydrogen) atoms. The Morgan fingerprint density at radius 1 is 1.00 bits per heavy atom. The molecule has 0 spiro atoms. The zero-order valence-electron chi connectivity index (χ0n) is 12.7. The predicted molar refractivity (Wildman–Crippen MR) is 84.9 cm³/mol. The van der Waals surface area contributed by atoms with Crippen molar-refractivity contribution in [1.82, 2.24) is 5.32 Å². The number of benzene rings is 2. The van der Waals surface area contributed by atoms with E-state index < -0.39 is 11.6 Å². The second kappa shape index (κ2) is 6.87. The van der Waals surface area contributed by atoms with Crippen LogP contribution in [0.3, 0.4) is 0 Å². The Balaban J connectivity index is 1.58. The molecule has 3 rings (SSSR count). The fraction of sp³-hybridized carbons (Fsp3) is 0.278. The molecule has 0 bridgehead atoms. The number of halogens is 2. The second-order valence-corrected chi connectivity index (χ2v) is 5.62. The molecule has 0 atom stereocenters. The Labute approximate surface area is 133 Å². The molecule has 0 radical (unpaired) electrons. The predicted octanol–water partition coefficient (Wildman–Crippen LogP) is 3.38. The van der Waals surface area contributed by atoms with Crippen molar-refractivity contribution in [3.05, 3.63) is 65.2 Å². The summed E-state index contributed by atoms with van der Waals surface area (Å²) in [5, 5.41) is 3.04. The molecule has 2 aromatic carbocycles. The summed E-state index contributed by atoms with van der Waals surface area (Å²) in [5.74, 6) is -0.924. The summed E-state index contributed by atoms with van der Waals surface area (Å²) in [6.45, 7) is 1.40. The minimum absolute atomic E-state index is 0.0479. The van der Waals surface area contributed by atoms with E-state index in [1.807, 2.05) is 24.3 Å². The molecular formula is C18H18F2N2O. The number of carbonyl (C=O) groups excluding carboxylic acids is 1. The van der Waals surface area contributed by atoms with Crippen LogP contribution in [0.4, 0.5) is 14.5 Å². The van der Waals surface area contributed by atoms with Gasteiger partial charge in [0.05, 0.1) is 0 Å².